The summed E-state index contributed by atoms with van der Waals surface area (Å²) in [6.45, 7) is 0.535. The third-order valence-electron chi connectivity index (χ3n) is 4.21. The van der Waals surface area contributed by atoms with E-state index in [1.807, 2.05) is 24.3 Å². The summed E-state index contributed by atoms with van der Waals surface area (Å²) in [4.78, 5) is 28.7. The lowest BCUT2D eigenvalue weighted by Gasteiger charge is -2.13. The van der Waals surface area contributed by atoms with Crippen LogP contribution in [-0.4, -0.2) is 32.9 Å². The molecule has 8 heteroatoms. The van der Waals surface area contributed by atoms with Crippen molar-refractivity contribution in [1.82, 2.24) is 9.55 Å². The van der Waals surface area contributed by atoms with Crippen LogP contribution in [0.4, 0.5) is 5.69 Å². The van der Waals surface area contributed by atoms with Crippen molar-refractivity contribution in [3.8, 4) is 0 Å². The quantitative estimate of drug-likeness (QED) is 0.513. The highest BCUT2D eigenvalue weighted by Gasteiger charge is 2.22. The average Bonchev–Trinajstić information content (AvgIpc) is 3.11. The van der Waals surface area contributed by atoms with Gasteiger partial charge in [-0.25, -0.2) is 4.79 Å². The molecule has 6 nitrogen and oxygen atoms in total. The smallest absolute Gasteiger partial charge is 0.348 e. The van der Waals surface area contributed by atoms with Gasteiger partial charge in [0.05, 0.1) is 5.75 Å². The maximum atomic E-state index is 12.3. The molecule has 0 atom stereocenters. The van der Waals surface area contributed by atoms with Gasteiger partial charge in [0.2, 0.25) is 5.91 Å². The largest absolute Gasteiger partial charge is 0.396 e. The molecule has 0 fully saturated rings. The van der Waals surface area contributed by atoms with Crippen LogP contribution in [0.5, 0.6) is 0 Å². The lowest BCUT2D eigenvalue weighted by molar-refractivity contribution is -0.113. The number of carbonyl (C=O) groups is 1. The van der Waals surface area contributed by atoms with Crippen LogP contribution in [0, 0.1) is 0 Å². The topological polar surface area (TPSA) is 84.2 Å². The normalized spacial score (nSPS) is 12.8. The van der Waals surface area contributed by atoms with Crippen molar-refractivity contribution in [2.24, 2.45) is 0 Å². The Balaban J connectivity index is 1.69. The molecule has 0 bridgehead atoms. The number of aromatic nitrogens is 2. The summed E-state index contributed by atoms with van der Waals surface area (Å²) in [7, 11) is 0. The number of aliphatic hydroxyl groups is 1. The molecule has 0 spiro atoms. The fraction of sp³-hybridized carbons (Fsp3) is 0.389. The van der Waals surface area contributed by atoms with E-state index in [1.165, 1.54) is 11.8 Å². The molecule has 0 saturated carbocycles. The zero-order valence-electron chi connectivity index (χ0n) is 14.2. The molecule has 2 N–H and O–H groups in total. The lowest BCUT2D eigenvalue weighted by Crippen LogP contribution is -2.28. The molecule has 1 aliphatic rings. The van der Waals surface area contributed by atoms with Crippen molar-refractivity contribution in [3.63, 3.8) is 0 Å². The van der Waals surface area contributed by atoms with Crippen LogP contribution >= 0.6 is 27.7 Å². The molecule has 0 saturated heterocycles. The summed E-state index contributed by atoms with van der Waals surface area (Å²) >= 11 is 4.67. The number of aliphatic hydroxyl groups excluding tert-OH is 1. The first-order valence-corrected chi connectivity index (χ1v) is 10.3. The van der Waals surface area contributed by atoms with Gasteiger partial charge in [-0.1, -0.05) is 27.7 Å². The highest BCUT2D eigenvalue weighted by atomic mass is 79.9. The highest BCUT2D eigenvalue weighted by molar-refractivity contribution is 9.10. The second-order valence-electron chi connectivity index (χ2n) is 6.05. The molecule has 138 valence electrons. The molecular weight excluding hydrogens is 418 g/mol. The van der Waals surface area contributed by atoms with Gasteiger partial charge in [0.15, 0.2) is 0 Å². The molecule has 26 heavy (non-hydrogen) atoms. The fourth-order valence-electron chi connectivity index (χ4n) is 3.03. The van der Waals surface area contributed by atoms with Crippen molar-refractivity contribution < 1.29 is 9.90 Å². The molecular formula is C18H20BrN3O3S. The molecule has 3 rings (SSSR count). The van der Waals surface area contributed by atoms with E-state index in [-0.39, 0.29) is 24.0 Å². The van der Waals surface area contributed by atoms with E-state index in [0.717, 1.165) is 40.7 Å². The molecule has 2 aromatic rings. The fourth-order valence-corrected chi connectivity index (χ4v) is 4.17. The number of anilines is 1. The van der Waals surface area contributed by atoms with E-state index in [4.69, 9.17) is 5.11 Å². The predicted molar refractivity (Wildman–Crippen MR) is 106 cm³/mol. The Hall–Kier alpha value is -1.64. The minimum Gasteiger partial charge on any atom is -0.396 e. The first-order chi connectivity index (χ1) is 12.6. The number of hydrogen-bond donors (Lipinski definition) is 2. The Bertz CT molecular complexity index is 852. The van der Waals surface area contributed by atoms with Gasteiger partial charge >= 0.3 is 5.69 Å². The van der Waals surface area contributed by atoms with Gasteiger partial charge in [0, 0.05) is 34.6 Å². The van der Waals surface area contributed by atoms with Crippen molar-refractivity contribution in [3.05, 3.63) is 50.5 Å². The van der Waals surface area contributed by atoms with E-state index >= 15 is 0 Å². The van der Waals surface area contributed by atoms with Crippen molar-refractivity contribution in [2.45, 2.75) is 37.3 Å². The van der Waals surface area contributed by atoms with E-state index in [9.17, 15) is 9.59 Å². The minimum absolute atomic E-state index is 0.0495. The van der Waals surface area contributed by atoms with Gasteiger partial charge in [0.25, 0.3) is 0 Å². The Morgan fingerprint density at radius 1 is 1.31 bits per heavy atom. The zero-order chi connectivity index (χ0) is 18.5. The standard InChI is InChI=1S/C18H20BrN3O3S/c19-12-5-7-13(8-6-12)20-16(24)11-26-17-14-3-1-4-15(14)22(9-2-10-23)18(25)21-17/h5-8,23H,1-4,9-11H2,(H,20,24). The lowest BCUT2D eigenvalue weighted by atomic mass is 10.2. The molecule has 0 unspecified atom stereocenters. The number of fused-ring (bicyclic) bond motifs is 1. The second kappa shape index (κ2) is 8.83. The van der Waals surface area contributed by atoms with Gasteiger partial charge in [0.1, 0.15) is 5.03 Å². The number of nitrogens with zero attached hydrogens (tertiary/aromatic N) is 2. The molecule has 1 heterocycles. The van der Waals surface area contributed by atoms with Gasteiger partial charge in [-0.15, -0.1) is 0 Å². The van der Waals surface area contributed by atoms with Crippen LogP contribution in [-0.2, 0) is 24.2 Å². The molecule has 1 aliphatic carbocycles. The van der Waals surface area contributed by atoms with Gasteiger partial charge in [-0.3, -0.25) is 9.36 Å². The summed E-state index contributed by atoms with van der Waals surface area (Å²) in [6, 6.07) is 7.38. The zero-order valence-corrected chi connectivity index (χ0v) is 16.6. The maximum Gasteiger partial charge on any atom is 0.348 e. The number of nitrogens with one attached hydrogen (secondary N) is 1. The Labute approximate surface area is 164 Å². The summed E-state index contributed by atoms with van der Waals surface area (Å²) in [6.07, 6.45) is 3.24. The summed E-state index contributed by atoms with van der Waals surface area (Å²) in [5, 5.41) is 12.5. The number of carbonyl (C=O) groups excluding carboxylic acids is 1. The van der Waals surface area contributed by atoms with Crippen LogP contribution in [0.3, 0.4) is 0 Å². The van der Waals surface area contributed by atoms with Crippen LogP contribution in [0.15, 0.2) is 38.6 Å². The molecule has 0 radical (unpaired) electrons. The molecule has 1 aromatic carbocycles. The number of hydrogen-bond acceptors (Lipinski definition) is 5. The van der Waals surface area contributed by atoms with E-state index < -0.39 is 0 Å². The van der Waals surface area contributed by atoms with E-state index in [1.54, 1.807) is 4.57 Å². The average molecular weight is 438 g/mol. The molecule has 1 amide bonds. The molecule has 1 aromatic heterocycles. The summed E-state index contributed by atoms with van der Waals surface area (Å²) in [5.74, 6) is 0.0746. The van der Waals surface area contributed by atoms with Crippen LogP contribution in [0.25, 0.3) is 0 Å². The second-order valence-corrected chi connectivity index (χ2v) is 7.93. The Kier molecular flexibility index (Phi) is 6.50. The van der Waals surface area contributed by atoms with Gasteiger partial charge < -0.3 is 10.4 Å². The number of amides is 1. The van der Waals surface area contributed by atoms with Crippen molar-refractivity contribution in [1.29, 1.82) is 0 Å². The van der Waals surface area contributed by atoms with E-state index in [0.29, 0.717) is 18.0 Å². The summed E-state index contributed by atoms with van der Waals surface area (Å²) < 4.78 is 2.62. The van der Waals surface area contributed by atoms with Crippen LogP contribution in [0.1, 0.15) is 24.1 Å². The third-order valence-corrected chi connectivity index (χ3v) is 5.75. The van der Waals surface area contributed by atoms with Crippen LogP contribution in [0.2, 0.25) is 0 Å². The Morgan fingerprint density at radius 2 is 2.08 bits per heavy atom. The maximum absolute atomic E-state index is 12.3. The predicted octanol–water partition coefficient (Wildman–Crippen LogP) is 2.61. The third kappa shape index (κ3) is 4.55. The monoisotopic (exact) mass is 437 g/mol. The highest BCUT2D eigenvalue weighted by Crippen LogP contribution is 2.29. The number of halogens is 1. The SMILES string of the molecule is O=C(CSc1nc(=O)n(CCCO)c2c1CCC2)Nc1ccc(Br)cc1. The van der Waals surface area contributed by atoms with E-state index in [2.05, 4.69) is 26.2 Å². The summed E-state index contributed by atoms with van der Waals surface area (Å²) in [5.41, 5.74) is 2.52. The van der Waals surface area contributed by atoms with Crippen LogP contribution < -0.4 is 11.0 Å². The van der Waals surface area contributed by atoms with Crippen molar-refractivity contribution >= 4 is 39.3 Å². The number of benzene rings is 1. The van der Waals surface area contributed by atoms with Crippen molar-refractivity contribution in [2.75, 3.05) is 17.7 Å². The van der Waals surface area contributed by atoms with Gasteiger partial charge in [-0.05, 0) is 49.9 Å². The number of rotatable bonds is 7. The molecule has 0 aliphatic heterocycles. The minimum atomic E-state index is -0.296. The first-order valence-electron chi connectivity index (χ1n) is 8.50. The Morgan fingerprint density at radius 3 is 2.81 bits per heavy atom. The van der Waals surface area contributed by atoms with Gasteiger partial charge in [-0.2, -0.15) is 4.98 Å². The number of thioether (sulfide) groups is 1. The first kappa shape index (κ1) is 19.1.